The fraction of sp³-hybridized carbons (Fsp3) is 0.650. The fourth-order valence-electron chi connectivity index (χ4n) is 4.84. The first-order chi connectivity index (χ1) is 11.5. The summed E-state index contributed by atoms with van der Waals surface area (Å²) in [4.78, 5) is 15.0. The van der Waals surface area contributed by atoms with E-state index in [1.165, 1.54) is 11.1 Å². The molecule has 3 aliphatic rings. The third-order valence-electron chi connectivity index (χ3n) is 6.80. The van der Waals surface area contributed by atoms with Crippen LogP contribution in [0.25, 0.3) is 0 Å². The lowest BCUT2D eigenvalue weighted by Crippen LogP contribution is -2.54. The Bertz CT molecular complexity index is 619. The molecule has 1 atom stereocenters. The van der Waals surface area contributed by atoms with Gasteiger partial charge < -0.3 is 15.5 Å². The van der Waals surface area contributed by atoms with Crippen LogP contribution in [-0.2, 0) is 17.6 Å². The fourth-order valence-corrected chi connectivity index (χ4v) is 4.84. The second-order valence-electron chi connectivity index (χ2n) is 8.33. The number of amides is 1. The van der Waals surface area contributed by atoms with Crippen LogP contribution in [0.15, 0.2) is 24.3 Å². The molecule has 1 amide bonds. The first-order valence-electron chi connectivity index (χ1n) is 9.27. The van der Waals surface area contributed by atoms with Crippen molar-refractivity contribution in [2.24, 2.45) is 11.3 Å². The summed E-state index contributed by atoms with van der Waals surface area (Å²) in [6.07, 6.45) is 5.47. The van der Waals surface area contributed by atoms with Crippen molar-refractivity contribution in [3.8, 4) is 0 Å². The van der Waals surface area contributed by atoms with Crippen LogP contribution in [0.5, 0.6) is 0 Å². The molecule has 1 saturated heterocycles. The van der Waals surface area contributed by atoms with E-state index in [2.05, 4.69) is 53.9 Å². The number of likely N-dealkylation sites (N-methyl/N-ethyl adjacent to an activating group) is 1. The molecule has 1 saturated carbocycles. The van der Waals surface area contributed by atoms with Crippen molar-refractivity contribution < 1.29 is 4.79 Å². The number of hydrogen-bond donors (Lipinski definition) is 2. The summed E-state index contributed by atoms with van der Waals surface area (Å²) in [6.45, 7) is 2.89. The van der Waals surface area contributed by atoms with Gasteiger partial charge in [-0.2, -0.15) is 0 Å². The molecule has 1 aliphatic heterocycles. The van der Waals surface area contributed by atoms with E-state index >= 15 is 0 Å². The first-order valence-corrected chi connectivity index (χ1v) is 9.27. The lowest BCUT2D eigenvalue weighted by Gasteiger charge is -2.36. The number of hydrogen-bond acceptors (Lipinski definition) is 3. The third-order valence-corrected chi connectivity index (χ3v) is 6.80. The van der Waals surface area contributed by atoms with E-state index in [0.29, 0.717) is 5.41 Å². The maximum Gasteiger partial charge on any atom is 0.223 e. The molecule has 4 nitrogen and oxygen atoms in total. The van der Waals surface area contributed by atoms with Gasteiger partial charge in [-0.05, 0) is 75.8 Å². The number of piperidine rings is 1. The Hall–Kier alpha value is -0.810. The van der Waals surface area contributed by atoms with Gasteiger partial charge in [0.15, 0.2) is 0 Å². The van der Waals surface area contributed by atoms with Crippen LogP contribution in [-0.4, -0.2) is 50.1 Å². The Labute approximate surface area is 169 Å². The number of fused-ring (bicyclic) bond motifs is 1. The molecule has 1 aromatic rings. The van der Waals surface area contributed by atoms with Crippen LogP contribution in [0, 0.1) is 11.3 Å². The zero-order chi connectivity index (χ0) is 16.8. The second-order valence-corrected chi connectivity index (χ2v) is 8.33. The molecule has 1 spiro atoms. The SMILES string of the molecule is CN(C)C1(CNC(=O)C2CC23CCNCC3)Cc2ccccc2C1.Cl.Cl. The quantitative estimate of drug-likeness (QED) is 0.816. The van der Waals surface area contributed by atoms with Crippen molar-refractivity contribution in [1.29, 1.82) is 0 Å². The Morgan fingerprint density at radius 2 is 1.73 bits per heavy atom. The minimum Gasteiger partial charge on any atom is -0.354 e. The third kappa shape index (κ3) is 3.75. The van der Waals surface area contributed by atoms with Gasteiger partial charge in [0, 0.05) is 18.0 Å². The van der Waals surface area contributed by atoms with Gasteiger partial charge in [0.2, 0.25) is 5.91 Å². The smallest absolute Gasteiger partial charge is 0.223 e. The summed E-state index contributed by atoms with van der Waals surface area (Å²) in [7, 11) is 4.28. The Balaban J connectivity index is 0.00000121. The summed E-state index contributed by atoms with van der Waals surface area (Å²) in [5, 5.41) is 6.72. The molecule has 146 valence electrons. The molecule has 1 aromatic carbocycles. The Morgan fingerprint density at radius 3 is 2.27 bits per heavy atom. The average Bonchev–Trinajstić information content (AvgIpc) is 3.12. The van der Waals surface area contributed by atoms with Crippen LogP contribution in [0.2, 0.25) is 0 Å². The molecule has 2 N–H and O–H groups in total. The highest BCUT2D eigenvalue weighted by Crippen LogP contribution is 2.58. The molecule has 0 radical (unpaired) electrons. The summed E-state index contributed by atoms with van der Waals surface area (Å²) >= 11 is 0. The van der Waals surface area contributed by atoms with Crippen molar-refractivity contribution >= 4 is 30.7 Å². The maximum atomic E-state index is 12.7. The van der Waals surface area contributed by atoms with Gasteiger partial charge in [-0.25, -0.2) is 0 Å². The molecule has 0 aromatic heterocycles. The molecule has 1 unspecified atom stereocenters. The molecule has 2 fully saturated rings. The number of nitrogens with one attached hydrogen (secondary N) is 2. The molecule has 2 aliphatic carbocycles. The summed E-state index contributed by atoms with van der Waals surface area (Å²) in [6, 6.07) is 8.70. The normalized spacial score (nSPS) is 24.3. The van der Waals surface area contributed by atoms with Gasteiger partial charge in [0.25, 0.3) is 0 Å². The topological polar surface area (TPSA) is 44.4 Å². The van der Waals surface area contributed by atoms with E-state index in [1.807, 2.05) is 0 Å². The van der Waals surface area contributed by atoms with Crippen molar-refractivity contribution in [3.63, 3.8) is 0 Å². The number of nitrogens with zero attached hydrogens (tertiary/aromatic N) is 1. The van der Waals surface area contributed by atoms with Gasteiger partial charge >= 0.3 is 0 Å². The molecule has 0 bridgehead atoms. The van der Waals surface area contributed by atoms with Crippen LogP contribution >= 0.6 is 24.8 Å². The van der Waals surface area contributed by atoms with E-state index in [4.69, 9.17) is 0 Å². The Kier molecular flexibility index (Phi) is 6.66. The van der Waals surface area contributed by atoms with E-state index in [1.54, 1.807) is 0 Å². The maximum absolute atomic E-state index is 12.7. The Morgan fingerprint density at radius 1 is 1.15 bits per heavy atom. The largest absolute Gasteiger partial charge is 0.354 e. The van der Waals surface area contributed by atoms with E-state index in [0.717, 1.165) is 51.7 Å². The van der Waals surface area contributed by atoms with Crippen molar-refractivity contribution in [2.45, 2.75) is 37.6 Å². The number of rotatable bonds is 4. The molecule has 1 heterocycles. The summed E-state index contributed by atoms with van der Waals surface area (Å²) < 4.78 is 0. The second kappa shape index (κ2) is 8.05. The van der Waals surface area contributed by atoms with Gasteiger partial charge in [0.1, 0.15) is 0 Å². The van der Waals surface area contributed by atoms with Gasteiger partial charge in [-0.3, -0.25) is 4.79 Å². The minimum absolute atomic E-state index is 0. The highest BCUT2D eigenvalue weighted by Gasteiger charge is 2.57. The summed E-state index contributed by atoms with van der Waals surface area (Å²) in [5.41, 5.74) is 3.21. The number of carbonyl (C=O) groups excluding carboxylic acids is 1. The monoisotopic (exact) mass is 399 g/mol. The number of carbonyl (C=O) groups is 1. The minimum atomic E-state index is 0. The van der Waals surface area contributed by atoms with Crippen molar-refractivity contribution in [3.05, 3.63) is 35.4 Å². The van der Waals surface area contributed by atoms with Crippen LogP contribution in [0.3, 0.4) is 0 Å². The van der Waals surface area contributed by atoms with Crippen molar-refractivity contribution in [1.82, 2.24) is 15.5 Å². The molecular formula is C20H31Cl2N3O. The molecule has 26 heavy (non-hydrogen) atoms. The lowest BCUT2D eigenvalue weighted by atomic mass is 9.91. The van der Waals surface area contributed by atoms with Gasteiger partial charge in [-0.15, -0.1) is 24.8 Å². The molecule has 6 heteroatoms. The average molecular weight is 400 g/mol. The summed E-state index contributed by atoms with van der Waals surface area (Å²) in [5.74, 6) is 0.539. The predicted octanol–water partition coefficient (Wildman–Crippen LogP) is 2.44. The van der Waals surface area contributed by atoms with Gasteiger partial charge in [0.05, 0.1) is 0 Å². The highest BCUT2D eigenvalue weighted by atomic mass is 35.5. The van der Waals surface area contributed by atoms with E-state index in [9.17, 15) is 4.79 Å². The molecule has 4 rings (SSSR count). The van der Waals surface area contributed by atoms with E-state index in [-0.39, 0.29) is 42.2 Å². The van der Waals surface area contributed by atoms with Gasteiger partial charge in [-0.1, -0.05) is 24.3 Å². The van der Waals surface area contributed by atoms with E-state index < -0.39 is 0 Å². The first kappa shape index (κ1) is 21.5. The van der Waals surface area contributed by atoms with Crippen molar-refractivity contribution in [2.75, 3.05) is 33.7 Å². The number of halogens is 2. The zero-order valence-electron chi connectivity index (χ0n) is 15.7. The van der Waals surface area contributed by atoms with Crippen LogP contribution in [0.1, 0.15) is 30.4 Å². The highest BCUT2D eigenvalue weighted by molar-refractivity contribution is 5.85. The zero-order valence-corrected chi connectivity index (χ0v) is 17.3. The standard InChI is InChI=1S/C20H29N3O.2ClH/c1-23(2)20(11-15-5-3-4-6-16(15)12-20)14-22-18(24)17-13-19(17)7-9-21-10-8-19;;/h3-6,17,21H,7-14H2,1-2H3,(H,22,24);2*1H. The van der Waals surface area contributed by atoms with Crippen LogP contribution < -0.4 is 10.6 Å². The predicted molar refractivity (Wildman–Crippen MR) is 110 cm³/mol. The number of benzene rings is 1. The molecular weight excluding hydrogens is 369 g/mol. The van der Waals surface area contributed by atoms with Crippen LogP contribution in [0.4, 0.5) is 0 Å². The lowest BCUT2D eigenvalue weighted by molar-refractivity contribution is -0.123.